The van der Waals surface area contributed by atoms with Gasteiger partial charge in [0.25, 0.3) is 11.8 Å². The van der Waals surface area contributed by atoms with Crippen LogP contribution in [0.15, 0.2) is 83.1 Å². The molecular weight excluding hydrogens is 359 g/mol. The lowest BCUT2D eigenvalue weighted by atomic mass is 10.1. The Balaban J connectivity index is 1.79. The number of rotatable bonds is 6. The van der Waals surface area contributed by atoms with E-state index in [1.54, 1.807) is 61.5 Å². The molecule has 3 rings (SSSR count). The summed E-state index contributed by atoms with van der Waals surface area (Å²) in [5.41, 5.74) is 1.20. The van der Waals surface area contributed by atoms with Gasteiger partial charge in [0.05, 0.1) is 12.3 Å². The van der Waals surface area contributed by atoms with Gasteiger partial charge < -0.3 is 15.1 Å². The molecule has 1 atom stereocenters. The van der Waals surface area contributed by atoms with Gasteiger partial charge >= 0.3 is 0 Å². The molecule has 0 spiro atoms. The SMILES string of the molecule is C[C@@H](NC(=O)/C(=C/c1ccco1)NC(=O)c1ccccc1)c1ccc(F)cc1. The van der Waals surface area contributed by atoms with Gasteiger partial charge in [0, 0.05) is 11.6 Å². The lowest BCUT2D eigenvalue weighted by Crippen LogP contribution is -2.36. The quantitative estimate of drug-likeness (QED) is 0.635. The van der Waals surface area contributed by atoms with Gasteiger partial charge in [-0.3, -0.25) is 9.59 Å². The molecular formula is C22H19FN2O3. The van der Waals surface area contributed by atoms with Crippen LogP contribution in [0, 0.1) is 5.82 Å². The van der Waals surface area contributed by atoms with Gasteiger partial charge in [-0.15, -0.1) is 0 Å². The fraction of sp³-hybridized carbons (Fsp3) is 0.0909. The molecule has 0 bridgehead atoms. The van der Waals surface area contributed by atoms with Crippen molar-refractivity contribution in [2.45, 2.75) is 13.0 Å². The average Bonchev–Trinajstić information content (AvgIpc) is 3.21. The molecule has 1 heterocycles. The van der Waals surface area contributed by atoms with Crippen molar-refractivity contribution in [1.29, 1.82) is 0 Å². The van der Waals surface area contributed by atoms with Crippen LogP contribution >= 0.6 is 0 Å². The number of hydrogen-bond acceptors (Lipinski definition) is 3. The lowest BCUT2D eigenvalue weighted by Gasteiger charge is -2.16. The van der Waals surface area contributed by atoms with Crippen molar-refractivity contribution in [1.82, 2.24) is 10.6 Å². The largest absolute Gasteiger partial charge is 0.465 e. The summed E-state index contributed by atoms with van der Waals surface area (Å²) >= 11 is 0. The Morgan fingerprint density at radius 1 is 1.00 bits per heavy atom. The second-order valence-corrected chi connectivity index (χ2v) is 6.14. The number of amides is 2. The average molecular weight is 378 g/mol. The minimum Gasteiger partial charge on any atom is -0.465 e. The van der Waals surface area contributed by atoms with Crippen molar-refractivity contribution in [2.75, 3.05) is 0 Å². The minimum absolute atomic E-state index is 0.0396. The van der Waals surface area contributed by atoms with Crippen molar-refractivity contribution in [3.05, 3.63) is 101 Å². The van der Waals surface area contributed by atoms with Gasteiger partial charge in [-0.25, -0.2) is 4.39 Å². The Kier molecular flexibility index (Phi) is 6.01. The van der Waals surface area contributed by atoms with Crippen LogP contribution < -0.4 is 10.6 Å². The Hall–Kier alpha value is -3.67. The van der Waals surface area contributed by atoms with Gasteiger partial charge in [0.1, 0.15) is 17.3 Å². The molecule has 2 amide bonds. The Morgan fingerprint density at radius 2 is 1.71 bits per heavy atom. The lowest BCUT2D eigenvalue weighted by molar-refractivity contribution is -0.118. The molecule has 142 valence electrons. The summed E-state index contributed by atoms with van der Waals surface area (Å²) in [5, 5.41) is 5.43. The van der Waals surface area contributed by atoms with Crippen LogP contribution in [0.5, 0.6) is 0 Å². The summed E-state index contributed by atoms with van der Waals surface area (Å²) < 4.78 is 18.4. The number of carbonyl (C=O) groups excluding carboxylic acids is 2. The van der Waals surface area contributed by atoms with E-state index in [9.17, 15) is 14.0 Å². The summed E-state index contributed by atoms with van der Waals surface area (Å²) in [4.78, 5) is 25.3. The second kappa shape index (κ2) is 8.81. The molecule has 3 aromatic rings. The number of hydrogen-bond donors (Lipinski definition) is 2. The van der Waals surface area contributed by atoms with Crippen LogP contribution in [-0.2, 0) is 4.79 Å². The summed E-state index contributed by atoms with van der Waals surface area (Å²) in [5.74, 6) is -0.829. The first kappa shape index (κ1) is 19.1. The van der Waals surface area contributed by atoms with E-state index in [0.717, 1.165) is 5.56 Å². The molecule has 0 aliphatic rings. The van der Waals surface area contributed by atoms with E-state index in [1.165, 1.54) is 24.5 Å². The predicted molar refractivity (Wildman–Crippen MR) is 104 cm³/mol. The summed E-state index contributed by atoms with van der Waals surface area (Å²) in [6.07, 6.45) is 2.93. The van der Waals surface area contributed by atoms with Crippen LogP contribution in [0.3, 0.4) is 0 Å². The van der Waals surface area contributed by atoms with E-state index in [2.05, 4.69) is 10.6 Å². The first-order valence-corrected chi connectivity index (χ1v) is 8.71. The minimum atomic E-state index is -0.488. The molecule has 1 aromatic heterocycles. The van der Waals surface area contributed by atoms with Gasteiger partial charge in [-0.2, -0.15) is 0 Å². The van der Waals surface area contributed by atoms with Crippen LogP contribution in [0.1, 0.15) is 34.6 Å². The van der Waals surface area contributed by atoms with E-state index in [-0.39, 0.29) is 17.6 Å². The zero-order valence-electron chi connectivity index (χ0n) is 15.2. The third-order valence-electron chi connectivity index (χ3n) is 4.08. The summed E-state index contributed by atoms with van der Waals surface area (Å²) in [6.45, 7) is 1.77. The third-order valence-corrected chi connectivity index (χ3v) is 4.08. The zero-order valence-corrected chi connectivity index (χ0v) is 15.2. The van der Waals surface area contributed by atoms with E-state index in [0.29, 0.717) is 11.3 Å². The molecule has 0 fully saturated rings. The molecule has 2 N–H and O–H groups in total. The monoisotopic (exact) mass is 378 g/mol. The highest BCUT2D eigenvalue weighted by Crippen LogP contribution is 2.14. The number of furan rings is 1. The van der Waals surface area contributed by atoms with Gasteiger partial charge in [-0.05, 0) is 48.9 Å². The fourth-order valence-corrected chi connectivity index (χ4v) is 2.57. The normalized spacial score (nSPS) is 12.3. The van der Waals surface area contributed by atoms with Crippen molar-refractivity contribution < 1.29 is 18.4 Å². The van der Waals surface area contributed by atoms with Crippen LogP contribution in [-0.4, -0.2) is 11.8 Å². The van der Waals surface area contributed by atoms with Gasteiger partial charge in [0.15, 0.2) is 0 Å². The van der Waals surface area contributed by atoms with Gasteiger partial charge in [-0.1, -0.05) is 30.3 Å². The molecule has 2 aromatic carbocycles. The van der Waals surface area contributed by atoms with E-state index in [1.807, 2.05) is 0 Å². The highest BCUT2D eigenvalue weighted by Gasteiger charge is 2.18. The first-order chi connectivity index (χ1) is 13.5. The Bertz CT molecular complexity index is 965. The second-order valence-electron chi connectivity index (χ2n) is 6.14. The number of nitrogens with one attached hydrogen (secondary N) is 2. The molecule has 6 heteroatoms. The number of benzene rings is 2. The summed E-state index contributed by atoms with van der Waals surface area (Å²) in [6, 6.07) is 17.4. The van der Waals surface area contributed by atoms with Crippen molar-refractivity contribution >= 4 is 17.9 Å². The van der Waals surface area contributed by atoms with Crippen LogP contribution in [0.2, 0.25) is 0 Å². The topological polar surface area (TPSA) is 71.3 Å². The molecule has 0 radical (unpaired) electrons. The highest BCUT2D eigenvalue weighted by atomic mass is 19.1. The molecule has 28 heavy (non-hydrogen) atoms. The maximum Gasteiger partial charge on any atom is 0.268 e. The Labute approximate surface area is 161 Å². The molecule has 0 saturated heterocycles. The maximum absolute atomic E-state index is 13.1. The smallest absolute Gasteiger partial charge is 0.268 e. The predicted octanol–water partition coefficient (Wildman–Crippen LogP) is 4.07. The maximum atomic E-state index is 13.1. The molecule has 5 nitrogen and oxygen atoms in total. The molecule has 0 saturated carbocycles. The molecule has 0 aliphatic heterocycles. The fourth-order valence-electron chi connectivity index (χ4n) is 2.57. The van der Waals surface area contributed by atoms with Gasteiger partial charge in [0.2, 0.25) is 0 Å². The van der Waals surface area contributed by atoms with E-state index >= 15 is 0 Å². The van der Waals surface area contributed by atoms with E-state index < -0.39 is 11.8 Å². The first-order valence-electron chi connectivity index (χ1n) is 8.71. The number of carbonyl (C=O) groups is 2. The molecule has 0 aliphatic carbocycles. The molecule has 0 unspecified atom stereocenters. The third kappa shape index (κ3) is 4.94. The van der Waals surface area contributed by atoms with Crippen LogP contribution in [0.25, 0.3) is 6.08 Å². The zero-order chi connectivity index (χ0) is 19.9. The number of halogens is 1. The van der Waals surface area contributed by atoms with Crippen LogP contribution in [0.4, 0.5) is 4.39 Å². The summed E-state index contributed by atoms with van der Waals surface area (Å²) in [7, 11) is 0. The van der Waals surface area contributed by atoms with Crippen molar-refractivity contribution in [3.8, 4) is 0 Å². The Morgan fingerprint density at radius 3 is 2.36 bits per heavy atom. The van der Waals surface area contributed by atoms with Crippen molar-refractivity contribution in [3.63, 3.8) is 0 Å². The van der Waals surface area contributed by atoms with Crippen molar-refractivity contribution in [2.24, 2.45) is 0 Å². The van der Waals surface area contributed by atoms with E-state index in [4.69, 9.17) is 4.42 Å². The standard InChI is InChI=1S/C22H19FN2O3/c1-15(16-9-11-18(23)12-10-16)24-22(27)20(14-19-8-5-13-28-19)25-21(26)17-6-3-2-4-7-17/h2-15H,1H3,(H,24,27)(H,25,26)/b20-14-/t15-/m1/s1. The highest BCUT2D eigenvalue weighted by molar-refractivity contribution is 6.05.